The molecule has 29 heavy (non-hydrogen) atoms. The van der Waals surface area contributed by atoms with Crippen LogP contribution in [0.4, 0.5) is 0 Å². The molecule has 0 radical (unpaired) electrons. The lowest BCUT2D eigenvalue weighted by Crippen LogP contribution is -2.49. The fourth-order valence-electron chi connectivity index (χ4n) is 4.00. The van der Waals surface area contributed by atoms with Crippen LogP contribution in [0, 0.1) is 19.8 Å². The number of rotatable bonds is 7. The lowest BCUT2D eigenvalue weighted by atomic mass is 9.83. The maximum atomic E-state index is 13.2. The first-order chi connectivity index (χ1) is 13.9. The molecule has 1 N–H and O–H groups in total. The molecule has 0 spiro atoms. The number of carbonyl (C=O) groups is 2. The summed E-state index contributed by atoms with van der Waals surface area (Å²) in [7, 11) is 3.49. The molecule has 0 unspecified atom stereocenters. The van der Waals surface area contributed by atoms with Crippen LogP contribution in [0.25, 0.3) is 0 Å². The van der Waals surface area contributed by atoms with Crippen LogP contribution >= 0.6 is 0 Å². The minimum Gasteiger partial charge on any atom is -0.383 e. The molecule has 156 valence electrons. The number of nitrogens with zero attached hydrogens (tertiary/aromatic N) is 3. The van der Waals surface area contributed by atoms with E-state index in [1.54, 1.807) is 16.7 Å². The third-order valence-electron chi connectivity index (χ3n) is 5.54. The summed E-state index contributed by atoms with van der Waals surface area (Å²) in [5.74, 6) is -0.273. The first-order valence-electron chi connectivity index (χ1n) is 10.0. The molecular weight excluding hydrogens is 368 g/mol. The summed E-state index contributed by atoms with van der Waals surface area (Å²) in [5, 5.41) is 7.38. The van der Waals surface area contributed by atoms with Gasteiger partial charge in [-0.3, -0.25) is 14.3 Å². The van der Waals surface area contributed by atoms with Crippen molar-refractivity contribution in [3.63, 3.8) is 0 Å². The lowest BCUT2D eigenvalue weighted by Gasteiger charge is -2.40. The van der Waals surface area contributed by atoms with Crippen molar-refractivity contribution in [2.45, 2.75) is 39.3 Å². The number of likely N-dealkylation sites (tertiary alicyclic amines) is 1. The molecule has 7 heteroatoms. The van der Waals surface area contributed by atoms with Crippen LogP contribution in [0.15, 0.2) is 30.3 Å². The van der Waals surface area contributed by atoms with Crippen LogP contribution in [0.2, 0.25) is 0 Å². The Balaban J connectivity index is 1.83. The van der Waals surface area contributed by atoms with Crippen LogP contribution < -0.4 is 5.32 Å². The third kappa shape index (κ3) is 4.85. The number of nitrogens with one attached hydrogen (secondary N) is 1. The summed E-state index contributed by atoms with van der Waals surface area (Å²) in [4.78, 5) is 27.6. The summed E-state index contributed by atoms with van der Waals surface area (Å²) < 4.78 is 6.99. The highest BCUT2D eigenvalue weighted by atomic mass is 16.5. The minimum absolute atomic E-state index is 0.0376. The van der Waals surface area contributed by atoms with E-state index in [1.165, 1.54) is 0 Å². The molecule has 2 amide bonds. The van der Waals surface area contributed by atoms with Gasteiger partial charge in [0.05, 0.1) is 36.5 Å². The Kier molecular flexibility index (Phi) is 6.69. The van der Waals surface area contributed by atoms with Gasteiger partial charge in [-0.15, -0.1) is 0 Å². The van der Waals surface area contributed by atoms with Crippen LogP contribution in [0.1, 0.15) is 41.4 Å². The summed E-state index contributed by atoms with van der Waals surface area (Å²) in [5.41, 5.74) is 4.00. The van der Waals surface area contributed by atoms with Crippen molar-refractivity contribution in [3.8, 4) is 0 Å². The molecule has 1 aliphatic heterocycles. The monoisotopic (exact) mass is 398 g/mol. The number of carbonyl (C=O) groups excluding carboxylic acids is 2. The molecule has 1 saturated heterocycles. The summed E-state index contributed by atoms with van der Waals surface area (Å²) in [6, 6.07) is 9.76. The molecule has 7 nitrogen and oxygen atoms in total. The average Bonchev–Trinajstić information content (AvgIpc) is 3.02. The molecular formula is C22H30N4O3. The minimum atomic E-state index is -0.304. The Morgan fingerprint density at radius 1 is 1.28 bits per heavy atom. The van der Waals surface area contributed by atoms with E-state index >= 15 is 0 Å². The van der Waals surface area contributed by atoms with Gasteiger partial charge < -0.3 is 15.0 Å². The number of methoxy groups -OCH3 is 1. The average molecular weight is 399 g/mol. The van der Waals surface area contributed by atoms with Gasteiger partial charge in [0.25, 0.3) is 0 Å². The van der Waals surface area contributed by atoms with Crippen molar-refractivity contribution in [1.82, 2.24) is 20.0 Å². The van der Waals surface area contributed by atoms with Crippen LogP contribution in [-0.4, -0.2) is 46.8 Å². The van der Waals surface area contributed by atoms with Crippen molar-refractivity contribution < 1.29 is 14.3 Å². The maximum Gasteiger partial charge on any atom is 0.225 e. The topological polar surface area (TPSA) is 76.5 Å². The van der Waals surface area contributed by atoms with E-state index in [0.29, 0.717) is 32.5 Å². The number of amides is 2. The Bertz CT molecular complexity index is 859. The fraction of sp³-hybridized carbons (Fsp3) is 0.500. The highest BCUT2D eigenvalue weighted by molar-refractivity contribution is 5.85. The molecule has 0 bridgehead atoms. The van der Waals surface area contributed by atoms with E-state index in [-0.39, 0.29) is 23.8 Å². The molecule has 1 fully saturated rings. The first-order valence-corrected chi connectivity index (χ1v) is 10.0. The van der Waals surface area contributed by atoms with Gasteiger partial charge in [0.2, 0.25) is 11.8 Å². The Labute approximate surface area is 172 Å². The van der Waals surface area contributed by atoms with E-state index < -0.39 is 0 Å². The molecule has 0 aliphatic carbocycles. The van der Waals surface area contributed by atoms with Crippen LogP contribution in [0.3, 0.4) is 0 Å². The summed E-state index contributed by atoms with van der Waals surface area (Å²) >= 11 is 0. The Hall–Kier alpha value is -2.67. The van der Waals surface area contributed by atoms with Crippen LogP contribution in [-0.2, 0) is 27.9 Å². The van der Waals surface area contributed by atoms with Gasteiger partial charge in [0.1, 0.15) is 0 Å². The van der Waals surface area contributed by atoms with Gasteiger partial charge in [-0.05, 0) is 31.9 Å². The third-order valence-corrected chi connectivity index (χ3v) is 5.54. The second-order valence-electron chi connectivity index (χ2n) is 7.70. The Morgan fingerprint density at radius 2 is 2.00 bits per heavy atom. The van der Waals surface area contributed by atoms with E-state index in [1.807, 2.05) is 51.2 Å². The van der Waals surface area contributed by atoms with Crippen LogP contribution in [0.5, 0.6) is 0 Å². The highest BCUT2D eigenvalue weighted by Gasteiger charge is 2.40. The predicted octanol–water partition coefficient (Wildman–Crippen LogP) is 2.28. The molecule has 1 aromatic carbocycles. The van der Waals surface area contributed by atoms with E-state index in [4.69, 9.17) is 4.74 Å². The van der Waals surface area contributed by atoms with Gasteiger partial charge in [-0.1, -0.05) is 29.8 Å². The van der Waals surface area contributed by atoms with Gasteiger partial charge in [-0.25, -0.2) is 0 Å². The second kappa shape index (κ2) is 9.22. The summed E-state index contributed by atoms with van der Waals surface area (Å²) in [6.45, 7) is 5.28. The highest BCUT2D eigenvalue weighted by Crippen LogP contribution is 2.37. The first kappa shape index (κ1) is 21.0. The number of hydrogen-bond donors (Lipinski definition) is 1. The van der Waals surface area contributed by atoms with Gasteiger partial charge >= 0.3 is 0 Å². The smallest absolute Gasteiger partial charge is 0.225 e. The number of hydrogen-bond acceptors (Lipinski definition) is 4. The van der Waals surface area contributed by atoms with Crippen molar-refractivity contribution in [1.29, 1.82) is 0 Å². The molecule has 0 saturated carbocycles. The molecule has 2 atom stereocenters. The zero-order valence-electron chi connectivity index (χ0n) is 17.6. The zero-order valence-corrected chi connectivity index (χ0v) is 17.6. The van der Waals surface area contributed by atoms with E-state index in [0.717, 1.165) is 22.5 Å². The van der Waals surface area contributed by atoms with Crippen molar-refractivity contribution in [3.05, 3.63) is 52.8 Å². The number of aromatic nitrogens is 2. The normalized spacial score (nSPS) is 19.4. The zero-order chi connectivity index (χ0) is 21.0. The van der Waals surface area contributed by atoms with Gasteiger partial charge in [-0.2, -0.15) is 5.10 Å². The molecule has 2 heterocycles. The van der Waals surface area contributed by atoms with Crippen molar-refractivity contribution in [2.24, 2.45) is 13.0 Å². The standard InChI is InChI=1S/C22H30N4O3/c1-15-5-7-17(8-6-15)21-19(9-10-20(27)26(21)11-12-29-4)22(28)23-14-18-13-16(2)24-25(18)3/h5-8,13,19,21H,9-12,14H2,1-4H3,(H,23,28)/t19-,21-/m1/s1. The quantitative estimate of drug-likeness (QED) is 0.776. The van der Waals surface area contributed by atoms with Crippen molar-refractivity contribution in [2.75, 3.05) is 20.3 Å². The molecule has 3 rings (SSSR count). The van der Waals surface area contributed by atoms with E-state index in [2.05, 4.69) is 10.4 Å². The number of benzene rings is 1. The maximum absolute atomic E-state index is 13.2. The van der Waals surface area contributed by atoms with E-state index in [9.17, 15) is 9.59 Å². The number of aryl methyl sites for hydroxylation is 3. The Morgan fingerprint density at radius 3 is 2.62 bits per heavy atom. The van der Waals surface area contributed by atoms with Crippen molar-refractivity contribution >= 4 is 11.8 Å². The molecule has 1 aliphatic rings. The molecule has 2 aromatic rings. The predicted molar refractivity (Wildman–Crippen MR) is 110 cm³/mol. The lowest BCUT2D eigenvalue weighted by molar-refractivity contribution is -0.144. The van der Waals surface area contributed by atoms with Gasteiger partial charge in [0.15, 0.2) is 0 Å². The van der Waals surface area contributed by atoms with Gasteiger partial charge in [0, 0.05) is 27.1 Å². The summed E-state index contributed by atoms with van der Waals surface area (Å²) in [6.07, 6.45) is 0.909. The largest absolute Gasteiger partial charge is 0.383 e. The fourth-order valence-corrected chi connectivity index (χ4v) is 4.00. The molecule has 1 aromatic heterocycles. The number of ether oxygens (including phenoxy) is 1. The SMILES string of the molecule is COCCN1C(=O)CC[C@@H](C(=O)NCc2cc(C)nn2C)[C@H]1c1ccc(C)cc1. The number of piperidine rings is 1. The second-order valence-corrected chi connectivity index (χ2v) is 7.70.